The van der Waals surface area contributed by atoms with E-state index in [0.717, 1.165) is 4.21 Å². The van der Waals surface area contributed by atoms with E-state index in [0.29, 0.717) is 40.7 Å². The van der Waals surface area contributed by atoms with Gasteiger partial charge in [0.1, 0.15) is 5.56 Å². The number of nitrogens with zero attached hydrogens (tertiary/aromatic N) is 2. The lowest BCUT2D eigenvalue weighted by Crippen LogP contribution is -2.32. The van der Waals surface area contributed by atoms with E-state index in [1.165, 1.54) is 29.2 Å². The molecular weight excluding hydrogens is 384 g/mol. The lowest BCUT2D eigenvalue weighted by atomic mass is 9.75. The van der Waals surface area contributed by atoms with Gasteiger partial charge in [0.25, 0.3) is 11.5 Å². The monoisotopic (exact) mass is 402 g/mol. The first kappa shape index (κ1) is 19.3. The number of thiazole rings is 1. The van der Waals surface area contributed by atoms with Crippen molar-refractivity contribution in [3.05, 3.63) is 38.9 Å². The predicted molar refractivity (Wildman–Crippen MR) is 105 cm³/mol. The second-order valence-electron chi connectivity index (χ2n) is 7.14. The normalized spacial score (nSPS) is 15.1. The Balaban J connectivity index is 1.86. The average molecular weight is 403 g/mol. The summed E-state index contributed by atoms with van der Waals surface area (Å²) >= 11 is 2.59. The second-order valence-corrected chi connectivity index (χ2v) is 9.38. The van der Waals surface area contributed by atoms with E-state index in [1.807, 2.05) is 19.9 Å². The molecule has 0 aromatic carbocycles. The van der Waals surface area contributed by atoms with E-state index in [4.69, 9.17) is 5.26 Å². The number of nitrogens with one attached hydrogen (secondary N) is 2. The number of pyridine rings is 1. The Bertz CT molecular complexity index is 1030. The molecule has 3 rings (SSSR count). The summed E-state index contributed by atoms with van der Waals surface area (Å²) in [4.78, 5) is 44.3. The zero-order valence-electron chi connectivity index (χ0n) is 15.1. The van der Waals surface area contributed by atoms with Crippen LogP contribution in [0.3, 0.4) is 0 Å². The molecule has 0 atom stereocenters. The Hall–Kier alpha value is -2.44. The van der Waals surface area contributed by atoms with Gasteiger partial charge in [0.2, 0.25) is 0 Å². The van der Waals surface area contributed by atoms with Gasteiger partial charge in [-0.15, -0.1) is 0 Å². The molecule has 2 N–H and O–H groups in total. The van der Waals surface area contributed by atoms with Crippen molar-refractivity contribution in [3.8, 4) is 6.07 Å². The van der Waals surface area contributed by atoms with Crippen molar-refractivity contribution in [1.82, 2.24) is 9.97 Å². The first-order valence-corrected chi connectivity index (χ1v) is 10.1. The fourth-order valence-corrected chi connectivity index (χ4v) is 4.82. The number of aryl methyl sites for hydroxylation is 1. The molecular formula is C18H18N4O3S2. The van der Waals surface area contributed by atoms with Gasteiger partial charge >= 0.3 is 0 Å². The Kier molecular flexibility index (Phi) is 5.22. The number of H-pyrrole nitrogens is 1. The maximum absolute atomic E-state index is 12.6. The number of carbonyl (C=O) groups excluding carboxylic acids is 2. The van der Waals surface area contributed by atoms with E-state index in [2.05, 4.69) is 15.3 Å². The molecule has 0 saturated carbocycles. The molecule has 1 aliphatic carbocycles. The van der Waals surface area contributed by atoms with Crippen LogP contribution < -0.4 is 10.9 Å². The maximum atomic E-state index is 12.6. The minimum absolute atomic E-state index is 0.0770. The summed E-state index contributed by atoms with van der Waals surface area (Å²) in [5.74, 6) is -0.395. The molecule has 2 heterocycles. The highest BCUT2D eigenvalue weighted by Crippen LogP contribution is 2.34. The maximum Gasteiger partial charge on any atom is 0.263 e. The number of rotatable bonds is 4. The minimum atomic E-state index is -0.609. The van der Waals surface area contributed by atoms with Gasteiger partial charge in [0.05, 0.1) is 21.7 Å². The molecule has 9 heteroatoms. The summed E-state index contributed by atoms with van der Waals surface area (Å²) in [7, 11) is 0. The molecule has 1 aliphatic rings. The molecule has 0 saturated heterocycles. The number of aromatic nitrogens is 2. The van der Waals surface area contributed by atoms with Crippen LogP contribution in [0.1, 0.15) is 52.4 Å². The molecule has 1 amide bonds. The minimum Gasteiger partial charge on any atom is -0.325 e. The molecule has 0 radical (unpaired) electrons. The number of ketones is 1. The third-order valence-electron chi connectivity index (χ3n) is 4.20. The van der Waals surface area contributed by atoms with E-state index < -0.39 is 11.5 Å². The van der Waals surface area contributed by atoms with Crippen molar-refractivity contribution in [2.45, 2.75) is 37.8 Å². The van der Waals surface area contributed by atoms with E-state index >= 15 is 0 Å². The van der Waals surface area contributed by atoms with Crippen LogP contribution in [0.5, 0.6) is 0 Å². The largest absolute Gasteiger partial charge is 0.325 e. The van der Waals surface area contributed by atoms with Crippen LogP contribution in [-0.4, -0.2) is 27.4 Å². The van der Waals surface area contributed by atoms with E-state index in [9.17, 15) is 14.4 Å². The Morgan fingerprint density at radius 2 is 2.19 bits per heavy atom. The lowest BCUT2D eigenvalue weighted by molar-refractivity contribution is 0.0910. The second kappa shape index (κ2) is 7.29. The Morgan fingerprint density at radius 3 is 2.89 bits per heavy atom. The third-order valence-corrected chi connectivity index (χ3v) is 6.51. The van der Waals surface area contributed by atoms with Crippen LogP contribution in [0.15, 0.2) is 15.1 Å². The molecule has 0 spiro atoms. The average Bonchev–Trinajstić information content (AvgIpc) is 2.90. The number of hydrogen-bond donors (Lipinski definition) is 2. The topological polar surface area (TPSA) is 116 Å². The van der Waals surface area contributed by atoms with Crippen LogP contribution in [0.4, 0.5) is 5.13 Å². The van der Waals surface area contributed by atoms with Crippen LogP contribution >= 0.6 is 23.1 Å². The van der Waals surface area contributed by atoms with Crippen molar-refractivity contribution in [1.29, 1.82) is 5.26 Å². The highest BCUT2D eigenvalue weighted by Gasteiger charge is 2.32. The van der Waals surface area contributed by atoms with Crippen molar-refractivity contribution >= 4 is 39.9 Å². The third kappa shape index (κ3) is 4.12. The number of amides is 1. The first-order chi connectivity index (χ1) is 12.7. The number of aromatic amines is 1. The van der Waals surface area contributed by atoms with Gasteiger partial charge < -0.3 is 4.98 Å². The van der Waals surface area contributed by atoms with Gasteiger partial charge in [-0.05, 0) is 24.8 Å². The van der Waals surface area contributed by atoms with Crippen molar-refractivity contribution in [2.24, 2.45) is 5.41 Å². The molecule has 0 bridgehead atoms. The summed E-state index contributed by atoms with van der Waals surface area (Å²) in [5, 5.41) is 11.6. The van der Waals surface area contributed by atoms with Crippen molar-refractivity contribution in [2.75, 3.05) is 11.1 Å². The fourth-order valence-electron chi connectivity index (χ4n) is 3.03. The number of fused-ring (bicyclic) bond motifs is 1. The van der Waals surface area contributed by atoms with Gasteiger partial charge in [0, 0.05) is 17.7 Å². The number of thioether (sulfide) groups is 1. The molecule has 7 nitrogen and oxygen atoms in total. The zero-order valence-corrected chi connectivity index (χ0v) is 16.8. The van der Waals surface area contributed by atoms with Gasteiger partial charge in [0.15, 0.2) is 10.9 Å². The summed E-state index contributed by atoms with van der Waals surface area (Å²) in [6.45, 7) is 5.73. The fraction of sp³-hybridized carbons (Fsp3) is 0.389. The van der Waals surface area contributed by atoms with Crippen molar-refractivity contribution in [3.63, 3.8) is 0 Å². The highest BCUT2D eigenvalue weighted by molar-refractivity contribution is 8.01. The summed E-state index contributed by atoms with van der Waals surface area (Å²) in [6.07, 6.45) is 0.953. The standard InChI is InChI=1S/C18H18N4O3S2/c1-9-16(26-5-4-19)27-17(20-9)22-15(25)11-6-10-12(21-14(11)24)7-18(2,3)8-13(10)23/h6H,5,7-8H2,1-3H3,(H,21,24)(H,20,22,25). The zero-order chi connectivity index (χ0) is 19.8. The van der Waals surface area contributed by atoms with E-state index in [-0.39, 0.29) is 16.8 Å². The van der Waals surface area contributed by atoms with Crippen molar-refractivity contribution < 1.29 is 9.59 Å². The molecule has 0 aliphatic heterocycles. The smallest absolute Gasteiger partial charge is 0.263 e. The van der Waals surface area contributed by atoms with Crippen LogP contribution in [0.2, 0.25) is 0 Å². The molecule has 2 aromatic heterocycles. The summed E-state index contributed by atoms with van der Waals surface area (Å²) < 4.78 is 0.837. The quantitative estimate of drug-likeness (QED) is 0.759. The molecule has 2 aromatic rings. The number of Topliss-reactive ketones (excluding diaryl/α,β-unsaturated/α-hetero) is 1. The molecule has 27 heavy (non-hydrogen) atoms. The first-order valence-electron chi connectivity index (χ1n) is 8.28. The molecule has 0 fully saturated rings. The number of nitriles is 1. The predicted octanol–water partition coefficient (Wildman–Crippen LogP) is 3.16. The number of carbonyl (C=O) groups is 2. The van der Waals surface area contributed by atoms with Gasteiger partial charge in [-0.1, -0.05) is 36.9 Å². The lowest BCUT2D eigenvalue weighted by Gasteiger charge is -2.29. The summed E-state index contributed by atoms with van der Waals surface area (Å²) in [5.41, 5.74) is 0.849. The van der Waals surface area contributed by atoms with E-state index in [1.54, 1.807) is 6.92 Å². The van der Waals surface area contributed by atoms with Crippen LogP contribution in [-0.2, 0) is 6.42 Å². The van der Waals surface area contributed by atoms with Crippen LogP contribution in [0, 0.1) is 23.7 Å². The van der Waals surface area contributed by atoms with Crippen LogP contribution in [0.25, 0.3) is 0 Å². The molecule has 0 unspecified atom stereocenters. The van der Waals surface area contributed by atoms with Gasteiger partial charge in [-0.2, -0.15) is 5.26 Å². The highest BCUT2D eigenvalue weighted by atomic mass is 32.2. The number of anilines is 1. The summed E-state index contributed by atoms with van der Waals surface area (Å²) in [6, 6.07) is 3.42. The van der Waals surface area contributed by atoms with Gasteiger partial charge in [-0.25, -0.2) is 4.98 Å². The Labute approximate surface area is 164 Å². The SMILES string of the molecule is Cc1nc(NC(=O)c2cc3c([nH]c2=O)CC(C)(C)CC3=O)sc1SCC#N. The number of hydrogen-bond acceptors (Lipinski definition) is 7. The Morgan fingerprint density at radius 1 is 1.44 bits per heavy atom. The molecule has 140 valence electrons. The van der Waals surface area contributed by atoms with Gasteiger partial charge in [-0.3, -0.25) is 19.7 Å².